The number of carbonyl (C=O) groups is 1. The Morgan fingerprint density at radius 1 is 1.18 bits per heavy atom. The van der Waals surface area contributed by atoms with Gasteiger partial charge in [-0.3, -0.25) is 9.69 Å². The second-order valence-electron chi connectivity index (χ2n) is 6.69. The molecule has 3 rings (SSSR count). The van der Waals surface area contributed by atoms with Crippen LogP contribution in [0.3, 0.4) is 0 Å². The van der Waals surface area contributed by atoms with Crippen LogP contribution in [0.1, 0.15) is 37.4 Å². The van der Waals surface area contributed by atoms with E-state index in [2.05, 4.69) is 30.9 Å². The zero-order chi connectivity index (χ0) is 15.9. The maximum atomic E-state index is 12.5. The van der Waals surface area contributed by atoms with Crippen LogP contribution < -0.4 is 9.47 Å². The number of piperidine rings is 1. The maximum Gasteiger partial charge on any atom is 0.161 e. The van der Waals surface area contributed by atoms with Crippen molar-refractivity contribution in [3.05, 3.63) is 23.3 Å². The van der Waals surface area contributed by atoms with E-state index in [1.807, 2.05) is 0 Å². The molecule has 2 heterocycles. The Morgan fingerprint density at radius 2 is 1.86 bits per heavy atom. The van der Waals surface area contributed by atoms with Gasteiger partial charge < -0.3 is 9.47 Å². The lowest BCUT2D eigenvalue weighted by Crippen LogP contribution is -2.47. The van der Waals surface area contributed by atoms with Crippen LogP contribution in [0.25, 0.3) is 0 Å². The molecule has 2 unspecified atom stereocenters. The van der Waals surface area contributed by atoms with Crippen molar-refractivity contribution < 1.29 is 14.3 Å². The molecule has 4 heteroatoms. The number of hydrogen-bond acceptors (Lipinski definition) is 4. The van der Waals surface area contributed by atoms with Crippen LogP contribution in [-0.2, 0) is 11.2 Å². The minimum absolute atomic E-state index is 0.179. The molecule has 0 bridgehead atoms. The smallest absolute Gasteiger partial charge is 0.161 e. The highest BCUT2D eigenvalue weighted by Gasteiger charge is 2.39. The first-order valence-electron chi connectivity index (χ1n) is 8.06. The summed E-state index contributed by atoms with van der Waals surface area (Å²) in [5.41, 5.74) is 2.52. The molecule has 0 aromatic heterocycles. The molecule has 0 aliphatic carbocycles. The molecule has 2 atom stereocenters. The number of hydrogen-bond donors (Lipinski definition) is 0. The second kappa shape index (κ2) is 5.92. The molecule has 1 aromatic rings. The molecule has 0 amide bonds. The highest BCUT2D eigenvalue weighted by atomic mass is 16.5. The third kappa shape index (κ3) is 2.50. The zero-order valence-corrected chi connectivity index (χ0v) is 13.9. The molecule has 120 valence electrons. The number of ether oxygens (including phenoxy) is 2. The van der Waals surface area contributed by atoms with E-state index < -0.39 is 0 Å². The van der Waals surface area contributed by atoms with Gasteiger partial charge in [0, 0.05) is 31.5 Å². The first-order chi connectivity index (χ1) is 10.5. The van der Waals surface area contributed by atoms with Crippen LogP contribution in [0.2, 0.25) is 0 Å². The van der Waals surface area contributed by atoms with Crippen LogP contribution in [0.5, 0.6) is 11.5 Å². The molecule has 0 saturated carbocycles. The number of Topliss-reactive ketones (excluding diaryl/α,β-unsaturated/α-hetero) is 1. The number of carbonyl (C=O) groups excluding carboxylic acids is 1. The third-order valence-electron chi connectivity index (χ3n) is 5.16. The van der Waals surface area contributed by atoms with E-state index in [0.29, 0.717) is 18.1 Å². The van der Waals surface area contributed by atoms with Gasteiger partial charge in [0.15, 0.2) is 11.5 Å². The molecule has 4 nitrogen and oxygen atoms in total. The average Bonchev–Trinajstić information content (AvgIpc) is 2.52. The highest BCUT2D eigenvalue weighted by molar-refractivity contribution is 5.83. The molecule has 0 radical (unpaired) electrons. The van der Waals surface area contributed by atoms with Crippen LogP contribution in [-0.4, -0.2) is 38.0 Å². The van der Waals surface area contributed by atoms with Gasteiger partial charge in [-0.05, 0) is 35.6 Å². The quantitative estimate of drug-likeness (QED) is 0.861. The maximum absolute atomic E-state index is 12.5. The first kappa shape index (κ1) is 15.3. The number of methoxy groups -OCH3 is 2. The summed E-state index contributed by atoms with van der Waals surface area (Å²) in [7, 11) is 3.32. The molecule has 0 N–H and O–H groups in total. The van der Waals surface area contributed by atoms with E-state index in [9.17, 15) is 4.79 Å². The summed E-state index contributed by atoms with van der Waals surface area (Å²) in [4.78, 5) is 15.0. The molecule has 1 fully saturated rings. The molecular weight excluding hydrogens is 278 g/mol. The Hall–Kier alpha value is -1.55. The fraction of sp³-hybridized carbons (Fsp3) is 0.611. The summed E-state index contributed by atoms with van der Waals surface area (Å²) >= 11 is 0. The first-order valence-corrected chi connectivity index (χ1v) is 8.06. The third-order valence-corrected chi connectivity index (χ3v) is 5.16. The summed E-state index contributed by atoms with van der Waals surface area (Å²) in [6, 6.07) is 4.34. The van der Waals surface area contributed by atoms with Crippen molar-refractivity contribution in [2.45, 2.75) is 32.7 Å². The van der Waals surface area contributed by atoms with Crippen LogP contribution >= 0.6 is 0 Å². The molecule has 1 saturated heterocycles. The van der Waals surface area contributed by atoms with Crippen molar-refractivity contribution in [3.63, 3.8) is 0 Å². The van der Waals surface area contributed by atoms with Crippen molar-refractivity contribution in [1.29, 1.82) is 0 Å². The highest BCUT2D eigenvalue weighted by Crippen LogP contribution is 2.42. The van der Waals surface area contributed by atoms with Gasteiger partial charge in [0.1, 0.15) is 5.78 Å². The van der Waals surface area contributed by atoms with Gasteiger partial charge in [-0.15, -0.1) is 0 Å². The van der Waals surface area contributed by atoms with Gasteiger partial charge >= 0.3 is 0 Å². The largest absolute Gasteiger partial charge is 0.493 e. The summed E-state index contributed by atoms with van der Waals surface area (Å²) in [5, 5.41) is 0. The number of nitrogens with zero attached hydrogens (tertiary/aromatic N) is 1. The van der Waals surface area contributed by atoms with Gasteiger partial charge in [-0.25, -0.2) is 0 Å². The Labute approximate surface area is 132 Å². The lowest BCUT2D eigenvalue weighted by Gasteiger charge is -2.44. The number of fused-ring (bicyclic) bond motifs is 3. The lowest BCUT2D eigenvalue weighted by atomic mass is 9.79. The summed E-state index contributed by atoms with van der Waals surface area (Å²) in [6.45, 7) is 6.20. The summed E-state index contributed by atoms with van der Waals surface area (Å²) in [6.07, 6.45) is 1.62. The van der Waals surface area contributed by atoms with E-state index in [1.165, 1.54) is 11.1 Å². The molecular formula is C18H25NO3. The van der Waals surface area contributed by atoms with E-state index in [4.69, 9.17) is 9.47 Å². The Bertz CT molecular complexity index is 582. The van der Waals surface area contributed by atoms with E-state index in [-0.39, 0.29) is 12.0 Å². The van der Waals surface area contributed by atoms with Gasteiger partial charge in [0.25, 0.3) is 0 Å². The Kier molecular flexibility index (Phi) is 4.13. The molecule has 2 aliphatic rings. The number of ketones is 1. The Morgan fingerprint density at radius 3 is 2.50 bits per heavy atom. The average molecular weight is 303 g/mol. The fourth-order valence-corrected chi connectivity index (χ4v) is 3.82. The monoisotopic (exact) mass is 303 g/mol. The fourth-order valence-electron chi connectivity index (χ4n) is 3.82. The minimum Gasteiger partial charge on any atom is -0.493 e. The second-order valence-corrected chi connectivity index (χ2v) is 6.69. The van der Waals surface area contributed by atoms with Crippen molar-refractivity contribution in [2.24, 2.45) is 11.8 Å². The predicted octanol–water partition coefficient (Wildman–Crippen LogP) is 2.85. The van der Waals surface area contributed by atoms with Crippen LogP contribution in [0, 0.1) is 11.8 Å². The van der Waals surface area contributed by atoms with E-state index >= 15 is 0 Å². The van der Waals surface area contributed by atoms with Crippen LogP contribution in [0.4, 0.5) is 0 Å². The van der Waals surface area contributed by atoms with E-state index in [1.54, 1.807) is 14.2 Å². The normalized spacial score (nSPS) is 24.9. The number of rotatable bonds is 3. The van der Waals surface area contributed by atoms with Gasteiger partial charge in [-0.2, -0.15) is 0 Å². The van der Waals surface area contributed by atoms with Crippen LogP contribution in [0.15, 0.2) is 12.1 Å². The lowest BCUT2D eigenvalue weighted by molar-refractivity contribution is -0.130. The van der Waals surface area contributed by atoms with Gasteiger partial charge in [0.2, 0.25) is 0 Å². The number of benzene rings is 1. The molecule has 1 aromatic carbocycles. The van der Waals surface area contributed by atoms with E-state index in [0.717, 1.165) is 31.0 Å². The standard InChI is InChI=1S/C18H25NO3/c1-11(2)14-10-19-6-5-12-7-17(21-3)18(22-4)8-13(12)15(19)9-16(14)20/h7-8,11,14-15H,5-6,9-10H2,1-4H3. The van der Waals surface area contributed by atoms with Gasteiger partial charge in [-0.1, -0.05) is 13.8 Å². The molecule has 2 aliphatic heterocycles. The van der Waals surface area contributed by atoms with Gasteiger partial charge in [0.05, 0.1) is 14.2 Å². The van der Waals surface area contributed by atoms with Crippen molar-refractivity contribution in [3.8, 4) is 11.5 Å². The topological polar surface area (TPSA) is 38.8 Å². The molecule has 22 heavy (non-hydrogen) atoms. The van der Waals surface area contributed by atoms with Crippen molar-refractivity contribution in [2.75, 3.05) is 27.3 Å². The summed E-state index contributed by atoms with van der Waals surface area (Å²) < 4.78 is 10.8. The van der Waals surface area contributed by atoms with Crippen molar-refractivity contribution >= 4 is 5.78 Å². The molecule has 0 spiro atoms. The zero-order valence-electron chi connectivity index (χ0n) is 13.9. The minimum atomic E-state index is 0.179. The summed E-state index contributed by atoms with van der Waals surface area (Å²) in [5.74, 6) is 2.52. The SMILES string of the molecule is COc1cc2c(cc1OC)C1CC(=O)C(C(C)C)CN1CC2. The predicted molar refractivity (Wildman–Crippen MR) is 85.5 cm³/mol. The van der Waals surface area contributed by atoms with Crippen molar-refractivity contribution in [1.82, 2.24) is 4.90 Å². The Balaban J connectivity index is 1.95.